The van der Waals surface area contributed by atoms with Gasteiger partial charge in [0.25, 0.3) is 0 Å². The molecule has 1 saturated heterocycles. The highest BCUT2D eigenvalue weighted by atomic mass is 32.2. The predicted molar refractivity (Wildman–Crippen MR) is 73.9 cm³/mol. The lowest BCUT2D eigenvalue weighted by Crippen LogP contribution is -2.50. The minimum Gasteiger partial charge on any atom is -0.453 e. The van der Waals surface area contributed by atoms with E-state index in [1.807, 2.05) is 6.07 Å². The molecule has 1 fully saturated rings. The van der Waals surface area contributed by atoms with Crippen LogP contribution in [-0.2, 0) is 14.8 Å². The van der Waals surface area contributed by atoms with E-state index in [9.17, 15) is 13.2 Å². The summed E-state index contributed by atoms with van der Waals surface area (Å²) in [6, 6.07) is 7.97. The first-order valence-electron chi connectivity index (χ1n) is 6.33. The maximum Gasteiger partial charge on any atom is 0.409 e. The summed E-state index contributed by atoms with van der Waals surface area (Å²) in [5, 5.41) is 9.02. The topological polar surface area (TPSA) is 90.7 Å². The number of amides is 1. The van der Waals surface area contributed by atoms with E-state index in [-0.39, 0.29) is 36.6 Å². The van der Waals surface area contributed by atoms with Gasteiger partial charge in [-0.25, -0.2) is 13.2 Å². The number of benzene rings is 1. The maximum absolute atomic E-state index is 12.6. The molecule has 0 spiro atoms. The molecule has 21 heavy (non-hydrogen) atoms. The molecule has 1 aromatic rings. The second-order valence-electron chi connectivity index (χ2n) is 4.47. The first-order valence-corrected chi connectivity index (χ1v) is 7.77. The van der Waals surface area contributed by atoms with Gasteiger partial charge in [0, 0.05) is 26.2 Å². The van der Waals surface area contributed by atoms with Crippen molar-refractivity contribution in [1.82, 2.24) is 9.21 Å². The fourth-order valence-electron chi connectivity index (χ4n) is 2.16. The molecule has 1 aliphatic heterocycles. The van der Waals surface area contributed by atoms with Crippen molar-refractivity contribution in [3.63, 3.8) is 0 Å². The lowest BCUT2D eigenvalue weighted by Gasteiger charge is -2.33. The molecule has 0 bridgehead atoms. The van der Waals surface area contributed by atoms with Crippen LogP contribution in [0.4, 0.5) is 4.79 Å². The number of nitrogens with zero attached hydrogens (tertiary/aromatic N) is 3. The Labute approximate surface area is 123 Å². The highest BCUT2D eigenvalue weighted by molar-refractivity contribution is 7.89. The number of hydrogen-bond donors (Lipinski definition) is 0. The average molecular weight is 309 g/mol. The lowest BCUT2D eigenvalue weighted by molar-refractivity contribution is 0.108. The molecule has 1 aromatic carbocycles. The Morgan fingerprint density at radius 2 is 1.86 bits per heavy atom. The lowest BCUT2D eigenvalue weighted by atomic mass is 10.2. The maximum atomic E-state index is 12.6. The summed E-state index contributed by atoms with van der Waals surface area (Å²) in [6.45, 7) is 0.885. The summed E-state index contributed by atoms with van der Waals surface area (Å²) in [7, 11) is -2.44. The van der Waals surface area contributed by atoms with Gasteiger partial charge in [-0.2, -0.15) is 9.57 Å². The number of carbonyl (C=O) groups excluding carboxylic acids is 1. The average Bonchev–Trinajstić information content (AvgIpc) is 2.54. The van der Waals surface area contributed by atoms with E-state index in [0.29, 0.717) is 0 Å². The van der Waals surface area contributed by atoms with Crippen molar-refractivity contribution in [3.8, 4) is 6.07 Å². The summed E-state index contributed by atoms with van der Waals surface area (Å²) < 4.78 is 31.0. The van der Waals surface area contributed by atoms with E-state index in [1.165, 1.54) is 28.4 Å². The minimum atomic E-state index is -3.73. The third kappa shape index (κ3) is 2.99. The molecule has 0 saturated carbocycles. The second-order valence-corrected chi connectivity index (χ2v) is 6.38. The first kappa shape index (κ1) is 15.3. The van der Waals surface area contributed by atoms with Gasteiger partial charge in [0.15, 0.2) is 0 Å². The molecular weight excluding hydrogens is 294 g/mol. The Balaban J connectivity index is 2.19. The van der Waals surface area contributed by atoms with Crippen LogP contribution in [0.25, 0.3) is 0 Å². The fourth-order valence-corrected chi connectivity index (χ4v) is 3.73. The summed E-state index contributed by atoms with van der Waals surface area (Å²) in [5.41, 5.74) is 0.118. The van der Waals surface area contributed by atoms with Gasteiger partial charge in [0.2, 0.25) is 10.0 Å². The Morgan fingerprint density at radius 1 is 1.24 bits per heavy atom. The van der Waals surface area contributed by atoms with Crippen molar-refractivity contribution in [2.75, 3.05) is 33.3 Å². The van der Waals surface area contributed by atoms with Crippen molar-refractivity contribution >= 4 is 16.1 Å². The number of carbonyl (C=O) groups is 1. The number of sulfonamides is 1. The molecule has 1 amide bonds. The molecule has 1 heterocycles. The molecule has 0 aliphatic carbocycles. The Bertz CT molecular complexity index is 673. The molecular formula is C13H15N3O4S. The van der Waals surface area contributed by atoms with Crippen LogP contribution < -0.4 is 0 Å². The molecule has 1 aliphatic rings. The predicted octanol–water partition coefficient (Wildman–Crippen LogP) is 0.631. The van der Waals surface area contributed by atoms with Crippen LogP contribution in [0.3, 0.4) is 0 Å². The van der Waals surface area contributed by atoms with E-state index < -0.39 is 16.1 Å². The summed E-state index contributed by atoms with van der Waals surface area (Å²) in [6.07, 6.45) is -0.468. The number of nitriles is 1. The zero-order chi connectivity index (χ0) is 15.5. The number of rotatable bonds is 2. The third-order valence-electron chi connectivity index (χ3n) is 3.30. The number of ether oxygens (including phenoxy) is 1. The van der Waals surface area contributed by atoms with Crippen LogP contribution >= 0.6 is 0 Å². The van der Waals surface area contributed by atoms with Crippen LogP contribution in [0.5, 0.6) is 0 Å². The quantitative estimate of drug-likeness (QED) is 0.799. The van der Waals surface area contributed by atoms with Crippen LogP contribution in [0.15, 0.2) is 29.2 Å². The summed E-state index contributed by atoms with van der Waals surface area (Å²) >= 11 is 0. The zero-order valence-electron chi connectivity index (χ0n) is 11.5. The Morgan fingerprint density at radius 3 is 2.43 bits per heavy atom. The molecule has 0 radical (unpaired) electrons. The molecule has 0 atom stereocenters. The largest absolute Gasteiger partial charge is 0.453 e. The van der Waals surface area contributed by atoms with E-state index in [2.05, 4.69) is 4.74 Å². The van der Waals surface area contributed by atoms with E-state index in [4.69, 9.17) is 5.26 Å². The van der Waals surface area contributed by atoms with Crippen molar-refractivity contribution in [2.45, 2.75) is 4.90 Å². The monoisotopic (exact) mass is 309 g/mol. The second kappa shape index (κ2) is 6.11. The van der Waals surface area contributed by atoms with Gasteiger partial charge in [-0.1, -0.05) is 12.1 Å². The highest BCUT2D eigenvalue weighted by Gasteiger charge is 2.31. The molecule has 2 rings (SSSR count). The molecule has 0 unspecified atom stereocenters. The van der Waals surface area contributed by atoms with Crippen molar-refractivity contribution in [3.05, 3.63) is 29.8 Å². The van der Waals surface area contributed by atoms with E-state index >= 15 is 0 Å². The molecule has 0 aromatic heterocycles. The highest BCUT2D eigenvalue weighted by Crippen LogP contribution is 2.21. The van der Waals surface area contributed by atoms with Crippen LogP contribution in [-0.4, -0.2) is 57.0 Å². The van der Waals surface area contributed by atoms with Crippen molar-refractivity contribution < 1.29 is 17.9 Å². The standard InChI is InChI=1S/C13H15N3O4S/c1-20-13(17)15-6-8-16(9-7-15)21(18,19)12-5-3-2-4-11(12)10-14/h2-5H,6-9H2,1H3. The van der Waals surface area contributed by atoms with Gasteiger partial charge >= 0.3 is 6.09 Å². The molecule has 0 N–H and O–H groups in total. The molecule has 112 valence electrons. The van der Waals surface area contributed by atoms with Gasteiger partial charge in [0.1, 0.15) is 6.07 Å². The third-order valence-corrected chi connectivity index (χ3v) is 5.25. The van der Waals surface area contributed by atoms with E-state index in [1.54, 1.807) is 12.1 Å². The smallest absolute Gasteiger partial charge is 0.409 e. The zero-order valence-corrected chi connectivity index (χ0v) is 12.3. The fraction of sp³-hybridized carbons (Fsp3) is 0.385. The molecule has 8 heteroatoms. The van der Waals surface area contributed by atoms with E-state index in [0.717, 1.165) is 0 Å². The van der Waals surface area contributed by atoms with Crippen LogP contribution in [0.1, 0.15) is 5.56 Å². The normalized spacial score (nSPS) is 16.3. The van der Waals surface area contributed by atoms with Crippen LogP contribution in [0, 0.1) is 11.3 Å². The van der Waals surface area contributed by atoms with Crippen LogP contribution in [0.2, 0.25) is 0 Å². The molecule has 7 nitrogen and oxygen atoms in total. The van der Waals surface area contributed by atoms with Gasteiger partial charge in [-0.3, -0.25) is 0 Å². The van der Waals surface area contributed by atoms with Crippen molar-refractivity contribution in [2.24, 2.45) is 0 Å². The number of piperazine rings is 1. The van der Waals surface area contributed by atoms with Gasteiger partial charge in [-0.05, 0) is 12.1 Å². The summed E-state index contributed by atoms with van der Waals surface area (Å²) in [5.74, 6) is 0. The van der Waals surface area contributed by atoms with Gasteiger partial charge in [0.05, 0.1) is 17.6 Å². The Kier molecular flexibility index (Phi) is 4.45. The number of methoxy groups -OCH3 is 1. The van der Waals surface area contributed by atoms with Gasteiger partial charge < -0.3 is 9.64 Å². The number of hydrogen-bond acceptors (Lipinski definition) is 5. The summed E-state index contributed by atoms with van der Waals surface area (Å²) in [4.78, 5) is 12.8. The Hall–Kier alpha value is -2.11. The van der Waals surface area contributed by atoms with Crippen molar-refractivity contribution in [1.29, 1.82) is 5.26 Å². The SMILES string of the molecule is COC(=O)N1CCN(S(=O)(=O)c2ccccc2C#N)CC1. The minimum absolute atomic E-state index is 0.000909. The first-order chi connectivity index (χ1) is 10.0. The van der Waals surface area contributed by atoms with Gasteiger partial charge in [-0.15, -0.1) is 0 Å².